The molecule has 18 heteroatoms. The summed E-state index contributed by atoms with van der Waals surface area (Å²) in [6, 6.07) is -0.529. The van der Waals surface area contributed by atoms with E-state index >= 15 is 0 Å². The van der Waals surface area contributed by atoms with E-state index in [1.165, 1.54) is 0 Å². The van der Waals surface area contributed by atoms with Gasteiger partial charge < -0.3 is 57.0 Å². The second-order valence-corrected chi connectivity index (χ2v) is 12.2. The quantitative estimate of drug-likeness (QED) is 0.0138. The van der Waals surface area contributed by atoms with Crippen LogP contribution in [0.1, 0.15) is 45.4 Å². The van der Waals surface area contributed by atoms with Gasteiger partial charge in [0.1, 0.15) is 6.04 Å². The Balaban J connectivity index is 1.44. The van der Waals surface area contributed by atoms with Crippen LogP contribution in [0.5, 0.6) is 0 Å². The molecule has 2 saturated heterocycles. The number of fused-ring (bicyclic) bond motifs is 1. The predicted octanol–water partition coefficient (Wildman–Crippen LogP) is -1.35. The van der Waals surface area contributed by atoms with Gasteiger partial charge in [0.15, 0.2) is 5.96 Å². The van der Waals surface area contributed by atoms with Gasteiger partial charge in [0, 0.05) is 49.2 Å². The fraction of sp³-hybridized carbons (Fsp3) is 0.733. The molecule has 0 aromatic rings. The lowest BCUT2D eigenvalue weighted by Crippen LogP contribution is -2.47. The third kappa shape index (κ3) is 18.1. The molecule has 0 unspecified atom stereocenters. The topological polar surface area (TPSA) is 247 Å². The maximum atomic E-state index is 12.7. The number of carbonyl (C=O) groups excluding carboxylic acids is 5. The van der Waals surface area contributed by atoms with Crippen LogP contribution in [0.3, 0.4) is 0 Å². The minimum atomic E-state index is -0.869. The standard InChI is InChI=1S/C30H52N8O9S/c1-2-47-26(41)10-9-25(40)36-21(6-5-11-35-29(31)32)28(42)34-13-15-45-17-19-46-18-16-44-14-12-33-24(39)8-4-3-7-23-27-22(20-48-23)37-30(43)38-27/h9-10,21-23,27H,2-8,11-20H2,1H3,(H,33,39)(H,34,42)(H,36,40)(H4,31,32,35)(H2,37,38,43)/b10-9+/t21-,22-,23-,27-/m0/s1. The average Bonchev–Trinajstić information content (AvgIpc) is 3.60. The summed E-state index contributed by atoms with van der Waals surface area (Å²) < 4.78 is 21.2. The van der Waals surface area contributed by atoms with Crippen LogP contribution in [0.2, 0.25) is 0 Å². The number of hydrogen-bond acceptors (Lipinski definition) is 11. The van der Waals surface area contributed by atoms with Crippen molar-refractivity contribution in [2.75, 3.05) is 71.6 Å². The van der Waals surface area contributed by atoms with Crippen molar-refractivity contribution in [3.63, 3.8) is 0 Å². The van der Waals surface area contributed by atoms with Gasteiger partial charge in [-0.1, -0.05) is 6.42 Å². The van der Waals surface area contributed by atoms with Crippen LogP contribution >= 0.6 is 11.8 Å². The van der Waals surface area contributed by atoms with E-state index in [0.29, 0.717) is 57.7 Å². The first-order chi connectivity index (χ1) is 23.2. The van der Waals surface area contributed by atoms with Crippen LogP contribution < -0.4 is 38.1 Å². The number of guanidine groups is 1. The van der Waals surface area contributed by atoms with Crippen molar-refractivity contribution in [1.82, 2.24) is 26.6 Å². The van der Waals surface area contributed by atoms with Gasteiger partial charge >= 0.3 is 12.0 Å². The minimum absolute atomic E-state index is 0.00211. The van der Waals surface area contributed by atoms with Crippen molar-refractivity contribution < 1.29 is 42.9 Å². The number of esters is 1. The molecule has 4 atom stereocenters. The lowest BCUT2D eigenvalue weighted by atomic mass is 10.0. The molecule has 0 aromatic heterocycles. The Labute approximate surface area is 285 Å². The molecule has 0 spiro atoms. The zero-order valence-corrected chi connectivity index (χ0v) is 28.5. The number of urea groups is 1. The smallest absolute Gasteiger partial charge is 0.330 e. The number of carbonyl (C=O) groups is 5. The van der Waals surface area contributed by atoms with Crippen LogP contribution in [-0.4, -0.2) is 131 Å². The van der Waals surface area contributed by atoms with Gasteiger partial charge in [0.2, 0.25) is 17.7 Å². The second kappa shape index (κ2) is 24.5. The minimum Gasteiger partial charge on any atom is -0.463 e. The Morgan fingerprint density at radius 1 is 0.958 bits per heavy atom. The molecule has 2 heterocycles. The van der Waals surface area contributed by atoms with Crippen LogP contribution in [0.25, 0.3) is 0 Å². The molecule has 0 bridgehead atoms. The fourth-order valence-corrected chi connectivity index (χ4v) is 6.41. The number of ether oxygens (including phenoxy) is 4. The van der Waals surface area contributed by atoms with Crippen molar-refractivity contribution in [3.8, 4) is 0 Å². The zero-order chi connectivity index (χ0) is 35.0. The van der Waals surface area contributed by atoms with E-state index in [-0.39, 0.29) is 62.7 Å². The van der Waals surface area contributed by atoms with E-state index in [1.807, 2.05) is 11.8 Å². The summed E-state index contributed by atoms with van der Waals surface area (Å²) >= 11 is 1.88. The van der Waals surface area contributed by atoms with Gasteiger partial charge in [0.25, 0.3) is 0 Å². The molecule has 0 aliphatic carbocycles. The molecule has 5 amide bonds. The normalized spacial score (nSPS) is 18.8. The van der Waals surface area contributed by atoms with E-state index in [2.05, 4.69) is 31.6 Å². The number of nitrogens with one attached hydrogen (secondary N) is 5. The Morgan fingerprint density at radius 2 is 1.65 bits per heavy atom. The molecule has 48 heavy (non-hydrogen) atoms. The number of unbranched alkanes of at least 4 members (excludes halogenated alkanes) is 1. The van der Waals surface area contributed by atoms with Crippen LogP contribution in [-0.2, 0) is 38.1 Å². The molecule has 2 aliphatic heterocycles. The molecule has 2 aliphatic rings. The van der Waals surface area contributed by atoms with Crippen molar-refractivity contribution in [3.05, 3.63) is 12.2 Å². The molecule has 17 nitrogen and oxygen atoms in total. The Morgan fingerprint density at radius 3 is 2.33 bits per heavy atom. The summed E-state index contributed by atoms with van der Waals surface area (Å²) in [4.78, 5) is 63.7. The largest absolute Gasteiger partial charge is 0.463 e. The summed E-state index contributed by atoms with van der Waals surface area (Å²) in [6.45, 7) is 4.78. The number of hydrogen-bond donors (Lipinski definition) is 7. The van der Waals surface area contributed by atoms with E-state index in [9.17, 15) is 24.0 Å². The Bertz CT molecular complexity index is 1080. The summed E-state index contributed by atoms with van der Waals surface area (Å²) in [5.74, 6) is -0.822. The molecule has 2 rings (SSSR count). The van der Waals surface area contributed by atoms with E-state index in [1.54, 1.807) is 6.92 Å². The third-order valence-corrected chi connectivity index (χ3v) is 8.68. The molecule has 272 valence electrons. The first kappa shape index (κ1) is 40.6. The number of aliphatic imine (C=N–C) groups is 1. The third-order valence-electron chi connectivity index (χ3n) is 7.17. The molecule has 0 aromatic carbocycles. The Kier molecular flexibility index (Phi) is 20.7. The predicted molar refractivity (Wildman–Crippen MR) is 180 cm³/mol. The first-order valence-corrected chi connectivity index (χ1v) is 17.4. The fourth-order valence-electron chi connectivity index (χ4n) is 4.86. The highest BCUT2D eigenvalue weighted by molar-refractivity contribution is 8.00. The van der Waals surface area contributed by atoms with Crippen LogP contribution in [0.15, 0.2) is 17.1 Å². The van der Waals surface area contributed by atoms with Crippen molar-refractivity contribution in [1.29, 1.82) is 0 Å². The number of rotatable bonds is 26. The maximum Gasteiger partial charge on any atom is 0.330 e. The van der Waals surface area contributed by atoms with E-state index in [0.717, 1.165) is 37.2 Å². The first-order valence-electron chi connectivity index (χ1n) is 16.4. The van der Waals surface area contributed by atoms with Gasteiger partial charge in [-0.15, -0.1) is 0 Å². The van der Waals surface area contributed by atoms with Crippen molar-refractivity contribution >= 4 is 47.4 Å². The van der Waals surface area contributed by atoms with Crippen molar-refractivity contribution in [2.45, 2.75) is 68.8 Å². The van der Waals surface area contributed by atoms with Gasteiger partial charge in [-0.3, -0.25) is 19.4 Å². The number of nitrogens with two attached hydrogens (primary N) is 2. The highest BCUT2D eigenvalue weighted by Crippen LogP contribution is 2.33. The lowest BCUT2D eigenvalue weighted by molar-refractivity contribution is -0.137. The molecule has 2 fully saturated rings. The van der Waals surface area contributed by atoms with Gasteiger partial charge in [-0.25, -0.2) is 9.59 Å². The highest BCUT2D eigenvalue weighted by Gasteiger charge is 2.42. The summed E-state index contributed by atoms with van der Waals surface area (Å²) in [6.07, 6.45) is 5.91. The Hall–Kier alpha value is -3.61. The number of nitrogens with zero attached hydrogens (tertiary/aromatic N) is 1. The highest BCUT2D eigenvalue weighted by atomic mass is 32.2. The van der Waals surface area contributed by atoms with Crippen LogP contribution in [0, 0.1) is 0 Å². The number of thioether (sulfide) groups is 1. The van der Waals surface area contributed by atoms with Gasteiger partial charge in [-0.05, 0) is 32.6 Å². The van der Waals surface area contributed by atoms with Gasteiger partial charge in [-0.2, -0.15) is 11.8 Å². The molecule has 9 N–H and O–H groups in total. The summed E-state index contributed by atoms with van der Waals surface area (Å²) in [5, 5.41) is 14.5. The molecular formula is C30H52N8O9S. The second-order valence-electron chi connectivity index (χ2n) is 10.9. The van der Waals surface area contributed by atoms with Crippen LogP contribution in [0.4, 0.5) is 4.79 Å². The van der Waals surface area contributed by atoms with E-state index < -0.39 is 23.8 Å². The molecule has 0 saturated carbocycles. The monoisotopic (exact) mass is 700 g/mol. The SMILES string of the molecule is CCOC(=O)/C=C/C(=O)N[C@@H](CCCN=C(N)N)C(=O)NCCOCCOCCOCCNC(=O)CCCC[C@@H]1SC[C@@H]2NC(=O)N[C@@H]21. The van der Waals surface area contributed by atoms with Crippen molar-refractivity contribution in [2.24, 2.45) is 16.5 Å². The summed E-state index contributed by atoms with van der Waals surface area (Å²) in [5.41, 5.74) is 10.6. The summed E-state index contributed by atoms with van der Waals surface area (Å²) in [7, 11) is 0. The zero-order valence-electron chi connectivity index (χ0n) is 27.7. The molecule has 0 radical (unpaired) electrons. The van der Waals surface area contributed by atoms with Gasteiger partial charge in [0.05, 0.1) is 58.3 Å². The maximum absolute atomic E-state index is 12.7. The lowest BCUT2D eigenvalue weighted by Gasteiger charge is -2.17. The molecular weight excluding hydrogens is 648 g/mol. The van der Waals surface area contributed by atoms with E-state index in [4.69, 9.17) is 30.4 Å². The average molecular weight is 701 g/mol. The number of amides is 5.